The van der Waals surface area contributed by atoms with Crippen molar-refractivity contribution in [2.24, 2.45) is 0 Å². The maximum absolute atomic E-state index is 12.4. The number of carbonyl (C=O) groups is 3. The third-order valence-corrected chi connectivity index (χ3v) is 3.99. The summed E-state index contributed by atoms with van der Waals surface area (Å²) in [5.41, 5.74) is 1.96. The van der Waals surface area contributed by atoms with Crippen LogP contribution in [-0.4, -0.2) is 29.0 Å². The number of anilines is 2. The second kappa shape index (κ2) is 8.42. The molecule has 150 valence electrons. The minimum Gasteiger partial charge on any atom is -0.459 e. The molecule has 2 heterocycles. The van der Waals surface area contributed by atoms with E-state index in [1.165, 1.54) is 25.3 Å². The summed E-state index contributed by atoms with van der Waals surface area (Å²) in [4.78, 5) is 36.7. The molecule has 0 aliphatic carbocycles. The maximum atomic E-state index is 12.4. The number of benzene rings is 1. The molecular formula is C20H19N3O6. The van der Waals surface area contributed by atoms with Crippen molar-refractivity contribution in [3.8, 4) is 0 Å². The number of hydrogen-bond donors (Lipinski definition) is 2. The number of aromatic nitrogens is 1. The van der Waals surface area contributed by atoms with Crippen LogP contribution in [0.3, 0.4) is 0 Å². The molecule has 0 saturated heterocycles. The Balaban J connectivity index is 1.65. The number of esters is 1. The summed E-state index contributed by atoms with van der Waals surface area (Å²) in [6, 6.07) is 9.35. The van der Waals surface area contributed by atoms with E-state index in [4.69, 9.17) is 13.7 Å². The quantitative estimate of drug-likeness (QED) is 0.612. The van der Waals surface area contributed by atoms with Gasteiger partial charge in [-0.1, -0.05) is 11.2 Å². The molecule has 3 aromatic rings. The third kappa shape index (κ3) is 4.89. The van der Waals surface area contributed by atoms with Gasteiger partial charge in [0.05, 0.1) is 17.5 Å². The van der Waals surface area contributed by atoms with Gasteiger partial charge in [-0.05, 0) is 50.6 Å². The molecule has 9 nitrogen and oxygen atoms in total. The predicted octanol–water partition coefficient (Wildman–Crippen LogP) is 3.32. The average molecular weight is 397 g/mol. The minimum absolute atomic E-state index is 0.144. The van der Waals surface area contributed by atoms with Crippen LogP contribution in [0.25, 0.3) is 0 Å². The lowest BCUT2D eigenvalue weighted by Gasteiger charge is -2.13. The van der Waals surface area contributed by atoms with E-state index in [-0.39, 0.29) is 17.2 Å². The molecule has 1 unspecified atom stereocenters. The van der Waals surface area contributed by atoms with Crippen LogP contribution < -0.4 is 10.6 Å². The molecule has 2 amide bonds. The Hall–Kier alpha value is -3.88. The van der Waals surface area contributed by atoms with Crippen LogP contribution >= 0.6 is 0 Å². The standard InChI is InChI=1S/C20H19N3O6/c1-11-6-7-14(10-15(11)21-19(25)16-5-4-8-27-16)20(26)28-13(3)18(24)22-17-9-12(2)23-29-17/h4-10,13H,1-3H3,(H,21,25)(H,22,24). The number of amides is 2. The van der Waals surface area contributed by atoms with Crippen molar-refractivity contribution in [1.82, 2.24) is 5.16 Å². The highest BCUT2D eigenvalue weighted by Crippen LogP contribution is 2.19. The van der Waals surface area contributed by atoms with E-state index in [0.29, 0.717) is 11.4 Å². The Morgan fingerprint density at radius 3 is 2.55 bits per heavy atom. The Morgan fingerprint density at radius 2 is 1.90 bits per heavy atom. The van der Waals surface area contributed by atoms with Gasteiger partial charge in [-0.15, -0.1) is 0 Å². The van der Waals surface area contributed by atoms with Crippen LogP contribution in [0.1, 0.15) is 39.1 Å². The Bertz CT molecular complexity index is 1040. The molecule has 0 aliphatic rings. The van der Waals surface area contributed by atoms with Gasteiger partial charge in [-0.3, -0.25) is 14.9 Å². The summed E-state index contributed by atoms with van der Waals surface area (Å²) in [6.07, 6.45) is 0.317. The number of rotatable bonds is 6. The number of nitrogens with one attached hydrogen (secondary N) is 2. The molecule has 1 aromatic carbocycles. The van der Waals surface area contributed by atoms with Gasteiger partial charge in [0.25, 0.3) is 11.8 Å². The highest BCUT2D eigenvalue weighted by atomic mass is 16.5. The molecule has 0 saturated carbocycles. The molecule has 0 bridgehead atoms. The van der Waals surface area contributed by atoms with E-state index < -0.39 is 23.9 Å². The molecule has 0 aliphatic heterocycles. The van der Waals surface area contributed by atoms with Crippen molar-refractivity contribution in [2.45, 2.75) is 26.9 Å². The second-order valence-electron chi connectivity index (χ2n) is 6.33. The predicted molar refractivity (Wildman–Crippen MR) is 103 cm³/mol. The molecule has 2 aromatic heterocycles. The first-order valence-corrected chi connectivity index (χ1v) is 8.74. The fourth-order valence-electron chi connectivity index (χ4n) is 2.40. The summed E-state index contributed by atoms with van der Waals surface area (Å²) < 4.78 is 15.2. The average Bonchev–Trinajstić information content (AvgIpc) is 3.35. The van der Waals surface area contributed by atoms with Gasteiger partial charge >= 0.3 is 5.97 Å². The lowest BCUT2D eigenvalue weighted by Crippen LogP contribution is -2.29. The van der Waals surface area contributed by atoms with Crippen LogP contribution in [0.2, 0.25) is 0 Å². The molecule has 0 fully saturated rings. The monoisotopic (exact) mass is 397 g/mol. The number of ether oxygens (including phenoxy) is 1. The van der Waals surface area contributed by atoms with Crippen LogP contribution in [0.4, 0.5) is 11.6 Å². The van der Waals surface area contributed by atoms with Crippen molar-refractivity contribution >= 4 is 29.4 Å². The molecule has 29 heavy (non-hydrogen) atoms. The number of hydrogen-bond acceptors (Lipinski definition) is 7. The number of aryl methyl sites for hydroxylation is 2. The normalized spacial score (nSPS) is 11.6. The number of carbonyl (C=O) groups excluding carboxylic acids is 3. The Morgan fingerprint density at radius 1 is 1.10 bits per heavy atom. The van der Waals surface area contributed by atoms with E-state index in [0.717, 1.165) is 5.56 Å². The first kappa shape index (κ1) is 19.9. The van der Waals surface area contributed by atoms with Crippen LogP contribution in [-0.2, 0) is 9.53 Å². The van der Waals surface area contributed by atoms with Crippen molar-refractivity contribution < 1.29 is 28.1 Å². The topological polar surface area (TPSA) is 124 Å². The van der Waals surface area contributed by atoms with Gasteiger partial charge < -0.3 is 19.0 Å². The maximum Gasteiger partial charge on any atom is 0.338 e. The van der Waals surface area contributed by atoms with Gasteiger partial charge in [0.2, 0.25) is 5.88 Å². The van der Waals surface area contributed by atoms with Crippen molar-refractivity contribution in [3.05, 3.63) is 65.2 Å². The molecule has 0 radical (unpaired) electrons. The Labute approximate surface area is 166 Å². The lowest BCUT2D eigenvalue weighted by molar-refractivity contribution is -0.123. The molecule has 1 atom stereocenters. The van der Waals surface area contributed by atoms with E-state index in [1.807, 2.05) is 0 Å². The number of nitrogens with zero attached hydrogens (tertiary/aromatic N) is 1. The van der Waals surface area contributed by atoms with E-state index in [2.05, 4.69) is 15.8 Å². The zero-order valence-corrected chi connectivity index (χ0v) is 16.0. The summed E-state index contributed by atoms with van der Waals surface area (Å²) in [5.74, 6) is -1.42. The summed E-state index contributed by atoms with van der Waals surface area (Å²) in [5, 5.41) is 8.81. The summed E-state index contributed by atoms with van der Waals surface area (Å²) in [6.45, 7) is 4.93. The van der Waals surface area contributed by atoms with Crippen molar-refractivity contribution in [3.63, 3.8) is 0 Å². The molecule has 3 rings (SSSR count). The first-order valence-electron chi connectivity index (χ1n) is 8.74. The van der Waals surface area contributed by atoms with Crippen LogP contribution in [0.5, 0.6) is 0 Å². The van der Waals surface area contributed by atoms with E-state index in [9.17, 15) is 14.4 Å². The summed E-state index contributed by atoms with van der Waals surface area (Å²) >= 11 is 0. The Kier molecular flexibility index (Phi) is 5.77. The molecular weight excluding hydrogens is 378 g/mol. The lowest BCUT2D eigenvalue weighted by atomic mass is 10.1. The van der Waals surface area contributed by atoms with E-state index >= 15 is 0 Å². The fourth-order valence-corrected chi connectivity index (χ4v) is 2.40. The van der Waals surface area contributed by atoms with Gasteiger partial charge in [0.1, 0.15) is 0 Å². The third-order valence-electron chi connectivity index (χ3n) is 3.99. The van der Waals surface area contributed by atoms with Crippen molar-refractivity contribution in [2.75, 3.05) is 10.6 Å². The van der Waals surface area contributed by atoms with Gasteiger partial charge in [0.15, 0.2) is 11.9 Å². The van der Waals surface area contributed by atoms with E-state index in [1.54, 1.807) is 38.1 Å². The van der Waals surface area contributed by atoms with Gasteiger partial charge in [-0.2, -0.15) is 0 Å². The zero-order valence-electron chi connectivity index (χ0n) is 16.0. The van der Waals surface area contributed by atoms with Crippen LogP contribution in [0.15, 0.2) is 51.6 Å². The molecule has 9 heteroatoms. The summed E-state index contributed by atoms with van der Waals surface area (Å²) in [7, 11) is 0. The first-order chi connectivity index (χ1) is 13.8. The minimum atomic E-state index is -1.07. The van der Waals surface area contributed by atoms with Gasteiger partial charge in [0, 0.05) is 11.8 Å². The van der Waals surface area contributed by atoms with Crippen molar-refractivity contribution in [1.29, 1.82) is 0 Å². The highest BCUT2D eigenvalue weighted by Gasteiger charge is 2.21. The SMILES string of the molecule is Cc1cc(NC(=O)C(C)OC(=O)c2ccc(C)c(NC(=O)c3ccco3)c2)on1. The fraction of sp³-hybridized carbons (Fsp3) is 0.200. The van der Waals surface area contributed by atoms with Gasteiger partial charge in [-0.25, -0.2) is 4.79 Å². The molecule has 0 spiro atoms. The molecule has 2 N–H and O–H groups in total. The zero-order chi connectivity index (χ0) is 21.0. The second-order valence-corrected chi connectivity index (χ2v) is 6.33. The smallest absolute Gasteiger partial charge is 0.338 e. The largest absolute Gasteiger partial charge is 0.459 e. The van der Waals surface area contributed by atoms with Crippen LogP contribution in [0, 0.1) is 13.8 Å². The highest BCUT2D eigenvalue weighted by molar-refractivity contribution is 6.03. The number of furan rings is 1.